The minimum atomic E-state index is -3.57. The molecule has 3 aliphatic rings. The van der Waals surface area contributed by atoms with Gasteiger partial charge < -0.3 is 10.2 Å². The number of hydrogen-bond acceptors (Lipinski definition) is 5. The highest BCUT2D eigenvalue weighted by Gasteiger charge is 2.39. The van der Waals surface area contributed by atoms with Gasteiger partial charge in [0.15, 0.2) is 0 Å². The lowest BCUT2D eigenvalue weighted by Crippen LogP contribution is -2.44. The van der Waals surface area contributed by atoms with Crippen molar-refractivity contribution in [2.45, 2.75) is 43.4 Å². The topological polar surface area (TPSA) is 69.7 Å². The number of sulfonamides is 1. The molecule has 0 radical (unpaired) electrons. The first-order chi connectivity index (χ1) is 12.5. The molecule has 1 aromatic rings. The highest BCUT2D eigenvalue weighted by atomic mass is 32.2. The van der Waals surface area contributed by atoms with E-state index in [1.165, 1.54) is 17.8 Å². The van der Waals surface area contributed by atoms with Gasteiger partial charge in [0.05, 0.1) is 0 Å². The summed E-state index contributed by atoms with van der Waals surface area (Å²) in [6.07, 6.45) is 6.06. The van der Waals surface area contributed by atoms with Gasteiger partial charge in [-0.3, -0.25) is 4.79 Å². The van der Waals surface area contributed by atoms with Gasteiger partial charge in [0.1, 0.15) is 9.77 Å². The van der Waals surface area contributed by atoms with Crippen molar-refractivity contribution in [3.05, 3.63) is 16.3 Å². The Labute approximate surface area is 159 Å². The predicted molar refractivity (Wildman–Crippen MR) is 102 cm³/mol. The normalized spacial score (nSPS) is 24.2. The van der Waals surface area contributed by atoms with Crippen LogP contribution >= 0.6 is 11.3 Å². The zero-order chi connectivity index (χ0) is 18.2. The Morgan fingerprint density at radius 2 is 1.81 bits per heavy atom. The Balaban J connectivity index is 1.50. The summed E-state index contributed by atoms with van der Waals surface area (Å²) in [4.78, 5) is 15.5. The van der Waals surface area contributed by atoms with Crippen LogP contribution in [0.15, 0.2) is 16.3 Å². The lowest BCUT2D eigenvalue weighted by molar-refractivity contribution is 0.0609. The highest BCUT2D eigenvalue weighted by Crippen LogP contribution is 2.38. The first kappa shape index (κ1) is 18.4. The summed E-state index contributed by atoms with van der Waals surface area (Å²) in [6, 6.07) is 1.61. The fraction of sp³-hybridized carbons (Fsp3) is 0.722. The van der Waals surface area contributed by atoms with E-state index in [4.69, 9.17) is 0 Å². The Kier molecular flexibility index (Phi) is 5.11. The van der Waals surface area contributed by atoms with Crippen LogP contribution in [-0.2, 0) is 10.0 Å². The molecule has 0 aliphatic carbocycles. The first-order valence-corrected chi connectivity index (χ1v) is 11.9. The standard InChI is InChI=1S/C18H27N3O3S2/c22-17(20-11-6-18(7-12-20)5-8-19-14-18)16-15(4-13-25-16)26(23,24)21-9-2-1-3-10-21/h4,13,19H,1-3,5-12,14H2. The molecule has 1 aromatic heterocycles. The van der Waals surface area contributed by atoms with E-state index in [0.29, 0.717) is 23.4 Å². The maximum atomic E-state index is 13.1. The van der Waals surface area contributed by atoms with E-state index in [0.717, 1.165) is 58.3 Å². The van der Waals surface area contributed by atoms with Gasteiger partial charge in [0.2, 0.25) is 10.0 Å². The molecule has 4 rings (SSSR count). The van der Waals surface area contributed by atoms with Crippen molar-refractivity contribution in [2.75, 3.05) is 39.3 Å². The van der Waals surface area contributed by atoms with Crippen molar-refractivity contribution >= 4 is 27.3 Å². The van der Waals surface area contributed by atoms with Crippen LogP contribution < -0.4 is 5.32 Å². The monoisotopic (exact) mass is 397 g/mol. The number of rotatable bonds is 3. The molecule has 3 saturated heterocycles. The van der Waals surface area contributed by atoms with Crippen LogP contribution in [-0.4, -0.2) is 62.8 Å². The number of carbonyl (C=O) groups is 1. The number of hydrogen-bond donors (Lipinski definition) is 1. The maximum Gasteiger partial charge on any atom is 0.265 e. The zero-order valence-electron chi connectivity index (χ0n) is 15.1. The van der Waals surface area contributed by atoms with Crippen molar-refractivity contribution in [1.29, 1.82) is 0 Å². The summed E-state index contributed by atoms with van der Waals surface area (Å²) in [5, 5.41) is 5.17. The minimum absolute atomic E-state index is 0.114. The highest BCUT2D eigenvalue weighted by molar-refractivity contribution is 7.89. The average Bonchev–Trinajstić information content (AvgIpc) is 3.33. The second-order valence-electron chi connectivity index (χ2n) is 7.80. The van der Waals surface area contributed by atoms with Crippen molar-refractivity contribution < 1.29 is 13.2 Å². The number of thiophene rings is 1. The Hall–Kier alpha value is -0.960. The summed E-state index contributed by atoms with van der Waals surface area (Å²) in [5.74, 6) is -0.114. The molecule has 1 N–H and O–H groups in total. The third-order valence-electron chi connectivity index (χ3n) is 6.20. The molecule has 0 bridgehead atoms. The van der Waals surface area contributed by atoms with Crippen LogP contribution in [0.4, 0.5) is 0 Å². The van der Waals surface area contributed by atoms with Gasteiger partial charge in [0.25, 0.3) is 5.91 Å². The zero-order valence-corrected chi connectivity index (χ0v) is 16.7. The van der Waals surface area contributed by atoms with E-state index in [9.17, 15) is 13.2 Å². The van der Waals surface area contributed by atoms with E-state index in [1.807, 2.05) is 4.90 Å². The Bertz CT molecular complexity index is 752. The summed E-state index contributed by atoms with van der Waals surface area (Å²) >= 11 is 1.26. The molecule has 0 aromatic carbocycles. The molecule has 3 fully saturated rings. The summed E-state index contributed by atoms with van der Waals surface area (Å²) in [7, 11) is -3.57. The van der Waals surface area contributed by atoms with Crippen LogP contribution in [0, 0.1) is 5.41 Å². The second kappa shape index (κ2) is 7.22. The molecule has 3 aliphatic heterocycles. The van der Waals surface area contributed by atoms with Gasteiger partial charge in [-0.1, -0.05) is 6.42 Å². The number of carbonyl (C=O) groups excluding carboxylic acids is 1. The molecule has 26 heavy (non-hydrogen) atoms. The van der Waals surface area contributed by atoms with Crippen LogP contribution in [0.2, 0.25) is 0 Å². The fourth-order valence-corrected chi connectivity index (χ4v) is 7.33. The van der Waals surface area contributed by atoms with Crippen LogP contribution in [0.3, 0.4) is 0 Å². The van der Waals surface area contributed by atoms with Crippen molar-refractivity contribution in [3.63, 3.8) is 0 Å². The van der Waals surface area contributed by atoms with Gasteiger partial charge in [-0.25, -0.2) is 8.42 Å². The molecule has 144 valence electrons. The smallest absolute Gasteiger partial charge is 0.265 e. The van der Waals surface area contributed by atoms with E-state index >= 15 is 0 Å². The molecular weight excluding hydrogens is 370 g/mol. The summed E-state index contributed by atoms with van der Waals surface area (Å²) in [5.41, 5.74) is 0.342. The molecule has 0 unspecified atom stereocenters. The van der Waals surface area contributed by atoms with Crippen LogP contribution in [0.25, 0.3) is 0 Å². The minimum Gasteiger partial charge on any atom is -0.338 e. The molecule has 4 heterocycles. The summed E-state index contributed by atoms with van der Waals surface area (Å²) < 4.78 is 27.6. The van der Waals surface area contributed by atoms with E-state index < -0.39 is 10.0 Å². The number of nitrogens with zero attached hydrogens (tertiary/aromatic N) is 2. The van der Waals surface area contributed by atoms with Gasteiger partial charge in [0, 0.05) is 32.7 Å². The predicted octanol–water partition coefficient (Wildman–Crippen LogP) is 2.14. The number of nitrogens with one attached hydrogen (secondary N) is 1. The first-order valence-electron chi connectivity index (χ1n) is 9.60. The molecule has 0 saturated carbocycles. The second-order valence-corrected chi connectivity index (χ2v) is 10.6. The number of likely N-dealkylation sites (tertiary alicyclic amines) is 1. The molecule has 8 heteroatoms. The van der Waals surface area contributed by atoms with Gasteiger partial charge in [-0.15, -0.1) is 11.3 Å². The Morgan fingerprint density at radius 1 is 1.08 bits per heavy atom. The quantitative estimate of drug-likeness (QED) is 0.848. The van der Waals surface area contributed by atoms with Gasteiger partial charge in [-0.2, -0.15) is 4.31 Å². The van der Waals surface area contributed by atoms with Crippen LogP contribution in [0.5, 0.6) is 0 Å². The van der Waals surface area contributed by atoms with E-state index in [1.54, 1.807) is 15.8 Å². The third kappa shape index (κ3) is 3.32. The average molecular weight is 398 g/mol. The molecule has 1 amide bonds. The number of piperidine rings is 2. The molecular formula is C18H27N3O3S2. The number of amides is 1. The Morgan fingerprint density at radius 3 is 2.46 bits per heavy atom. The lowest BCUT2D eigenvalue weighted by atomic mass is 9.78. The van der Waals surface area contributed by atoms with Gasteiger partial charge in [-0.05, 0) is 55.5 Å². The lowest BCUT2D eigenvalue weighted by Gasteiger charge is -2.38. The van der Waals surface area contributed by atoms with E-state index in [-0.39, 0.29) is 10.8 Å². The molecule has 0 atom stereocenters. The fourth-order valence-electron chi connectivity index (χ4n) is 4.45. The SMILES string of the molecule is O=C(c1sccc1S(=O)(=O)N1CCCCC1)N1CCC2(CCNC2)CC1. The van der Waals surface area contributed by atoms with Crippen LogP contribution in [0.1, 0.15) is 48.2 Å². The van der Waals surface area contributed by atoms with Gasteiger partial charge >= 0.3 is 0 Å². The molecule has 1 spiro atoms. The van der Waals surface area contributed by atoms with Crippen molar-refractivity contribution in [3.8, 4) is 0 Å². The van der Waals surface area contributed by atoms with E-state index in [2.05, 4.69) is 5.32 Å². The third-order valence-corrected chi connectivity index (χ3v) is 9.17. The maximum absolute atomic E-state index is 13.1. The van der Waals surface area contributed by atoms with Crippen molar-refractivity contribution in [1.82, 2.24) is 14.5 Å². The van der Waals surface area contributed by atoms with Crippen molar-refractivity contribution in [2.24, 2.45) is 5.41 Å². The summed E-state index contributed by atoms with van der Waals surface area (Å²) in [6.45, 7) is 4.68. The molecule has 6 nitrogen and oxygen atoms in total. The largest absolute Gasteiger partial charge is 0.338 e.